The van der Waals surface area contributed by atoms with Crippen LogP contribution in [0.5, 0.6) is 0 Å². The molecule has 1 saturated heterocycles. The lowest BCUT2D eigenvalue weighted by molar-refractivity contribution is -0.130. The van der Waals surface area contributed by atoms with Crippen molar-refractivity contribution in [2.24, 2.45) is 5.73 Å². The van der Waals surface area contributed by atoms with Crippen molar-refractivity contribution < 1.29 is 4.79 Å². The van der Waals surface area contributed by atoms with Gasteiger partial charge in [0.2, 0.25) is 5.91 Å². The summed E-state index contributed by atoms with van der Waals surface area (Å²) in [4.78, 5) is 26.8. The minimum absolute atomic E-state index is 0.00892. The average molecular weight is 337 g/mol. The van der Waals surface area contributed by atoms with Crippen LogP contribution in [0.1, 0.15) is 11.5 Å². The zero-order valence-electron chi connectivity index (χ0n) is 13.6. The third-order valence-corrected chi connectivity index (χ3v) is 4.68. The summed E-state index contributed by atoms with van der Waals surface area (Å²) in [7, 11) is 0. The summed E-state index contributed by atoms with van der Waals surface area (Å²) in [6.07, 6.45) is 2.94. The Hall–Kier alpha value is -3.00. The fourth-order valence-corrected chi connectivity index (χ4v) is 3.35. The summed E-state index contributed by atoms with van der Waals surface area (Å²) in [6.45, 7) is 1.32. The number of nitrogens with two attached hydrogens (primary N) is 2. The van der Waals surface area contributed by atoms with Crippen LogP contribution in [0.4, 0.5) is 5.82 Å². The molecule has 1 aliphatic rings. The van der Waals surface area contributed by atoms with Crippen LogP contribution in [-0.4, -0.2) is 49.5 Å². The summed E-state index contributed by atoms with van der Waals surface area (Å²) < 4.78 is 1.69. The molecule has 1 amide bonds. The number of rotatable bonds is 3. The van der Waals surface area contributed by atoms with Crippen molar-refractivity contribution in [2.45, 2.75) is 18.5 Å². The molecule has 25 heavy (non-hydrogen) atoms. The Labute approximate surface area is 144 Å². The first kappa shape index (κ1) is 15.5. The highest BCUT2D eigenvalue weighted by Crippen LogP contribution is 2.26. The van der Waals surface area contributed by atoms with Gasteiger partial charge in [0.1, 0.15) is 18.4 Å². The molecular formula is C17H19N7O. The van der Waals surface area contributed by atoms with Crippen molar-refractivity contribution in [2.75, 3.05) is 18.8 Å². The Morgan fingerprint density at radius 3 is 2.76 bits per heavy atom. The number of carbonyl (C=O) groups excluding carboxylic acids is 1. The third kappa shape index (κ3) is 2.80. The van der Waals surface area contributed by atoms with Gasteiger partial charge in [-0.25, -0.2) is 15.0 Å². The number of hydrogen-bond acceptors (Lipinski definition) is 6. The lowest BCUT2D eigenvalue weighted by Crippen LogP contribution is -2.34. The van der Waals surface area contributed by atoms with Gasteiger partial charge in [-0.3, -0.25) is 4.79 Å². The van der Waals surface area contributed by atoms with Gasteiger partial charge < -0.3 is 20.9 Å². The summed E-state index contributed by atoms with van der Waals surface area (Å²) in [5.41, 5.74) is 14.3. The number of nitrogens with zero attached hydrogens (tertiary/aromatic N) is 5. The topological polar surface area (TPSA) is 116 Å². The summed E-state index contributed by atoms with van der Waals surface area (Å²) >= 11 is 0. The average Bonchev–Trinajstić information content (AvgIpc) is 3.21. The molecule has 0 radical (unpaired) electrons. The van der Waals surface area contributed by atoms with E-state index in [0.29, 0.717) is 30.1 Å². The molecule has 0 spiro atoms. The van der Waals surface area contributed by atoms with Crippen molar-refractivity contribution >= 4 is 22.9 Å². The van der Waals surface area contributed by atoms with E-state index in [4.69, 9.17) is 11.5 Å². The van der Waals surface area contributed by atoms with Crippen molar-refractivity contribution in [3.63, 3.8) is 0 Å². The number of anilines is 1. The number of hydrogen-bond donors (Lipinski definition) is 2. The second kappa shape index (κ2) is 6.14. The van der Waals surface area contributed by atoms with E-state index >= 15 is 0 Å². The predicted molar refractivity (Wildman–Crippen MR) is 93.5 cm³/mol. The summed E-state index contributed by atoms with van der Waals surface area (Å²) in [6, 6.07) is 10.0. The quantitative estimate of drug-likeness (QED) is 0.713. The highest BCUT2D eigenvalue weighted by atomic mass is 16.2. The molecule has 1 aliphatic heterocycles. The van der Waals surface area contributed by atoms with Crippen LogP contribution in [-0.2, 0) is 11.3 Å². The standard InChI is InChI=1S/C17H19N7O/c18-13-7-23(6-12(13)11-4-2-1-3-5-11)14(25)8-24-10-22-15-16(19)20-9-21-17(15)24/h1-5,9-10,12-13H,6-8,18H2,(H2,19,20,21)/t12-,13+/m0/s1. The second-order valence-electron chi connectivity index (χ2n) is 6.28. The summed E-state index contributed by atoms with van der Waals surface area (Å²) in [5, 5.41) is 0. The van der Waals surface area contributed by atoms with Crippen LogP contribution in [0, 0.1) is 0 Å². The Bertz CT molecular complexity index is 908. The molecule has 0 unspecified atom stereocenters. The minimum atomic E-state index is -0.0659. The highest BCUT2D eigenvalue weighted by Gasteiger charge is 2.33. The number of amides is 1. The maximum Gasteiger partial charge on any atom is 0.242 e. The first-order valence-electron chi connectivity index (χ1n) is 8.13. The normalized spacial score (nSPS) is 20.3. The maximum atomic E-state index is 12.7. The van der Waals surface area contributed by atoms with Gasteiger partial charge in [0.05, 0.1) is 6.33 Å². The van der Waals surface area contributed by atoms with E-state index in [1.807, 2.05) is 18.2 Å². The molecule has 0 aliphatic carbocycles. The van der Waals surface area contributed by atoms with Gasteiger partial charge in [0.25, 0.3) is 0 Å². The van der Waals surface area contributed by atoms with Crippen molar-refractivity contribution in [3.8, 4) is 0 Å². The molecule has 0 saturated carbocycles. The number of carbonyl (C=O) groups is 1. The molecule has 8 heteroatoms. The van der Waals surface area contributed by atoms with Crippen LogP contribution >= 0.6 is 0 Å². The number of imidazole rings is 1. The molecular weight excluding hydrogens is 318 g/mol. The van der Waals surface area contributed by atoms with Gasteiger partial charge in [0, 0.05) is 25.0 Å². The Balaban J connectivity index is 1.51. The van der Waals surface area contributed by atoms with Crippen LogP contribution in [0.15, 0.2) is 43.0 Å². The van der Waals surface area contributed by atoms with Crippen LogP contribution in [0.2, 0.25) is 0 Å². The fraction of sp³-hybridized carbons (Fsp3) is 0.294. The Morgan fingerprint density at radius 1 is 1.16 bits per heavy atom. The van der Waals surface area contributed by atoms with Crippen molar-refractivity contribution in [3.05, 3.63) is 48.5 Å². The molecule has 4 rings (SSSR count). The lowest BCUT2D eigenvalue weighted by atomic mass is 9.95. The van der Waals surface area contributed by atoms with Crippen LogP contribution < -0.4 is 11.5 Å². The van der Waals surface area contributed by atoms with Gasteiger partial charge >= 0.3 is 0 Å². The van der Waals surface area contributed by atoms with E-state index in [1.54, 1.807) is 15.8 Å². The zero-order valence-corrected chi connectivity index (χ0v) is 13.6. The number of aromatic nitrogens is 4. The Kier molecular flexibility index (Phi) is 3.81. The molecule has 3 heterocycles. The first-order chi connectivity index (χ1) is 12.1. The molecule has 1 fully saturated rings. The molecule has 8 nitrogen and oxygen atoms in total. The summed E-state index contributed by atoms with van der Waals surface area (Å²) in [5.74, 6) is 0.455. The van der Waals surface area contributed by atoms with E-state index < -0.39 is 0 Å². The van der Waals surface area contributed by atoms with Gasteiger partial charge in [-0.05, 0) is 5.56 Å². The van der Waals surface area contributed by atoms with Crippen molar-refractivity contribution in [1.29, 1.82) is 0 Å². The van der Waals surface area contributed by atoms with Gasteiger partial charge in [0.15, 0.2) is 11.5 Å². The Morgan fingerprint density at radius 2 is 1.96 bits per heavy atom. The van der Waals surface area contributed by atoms with Gasteiger partial charge in [-0.1, -0.05) is 30.3 Å². The molecule has 2 atom stereocenters. The number of benzene rings is 1. The van der Waals surface area contributed by atoms with E-state index in [9.17, 15) is 4.79 Å². The molecule has 3 aromatic rings. The van der Waals surface area contributed by atoms with Crippen molar-refractivity contribution in [1.82, 2.24) is 24.4 Å². The monoisotopic (exact) mass is 337 g/mol. The third-order valence-electron chi connectivity index (χ3n) is 4.68. The van der Waals surface area contributed by atoms with Gasteiger partial charge in [-0.15, -0.1) is 0 Å². The SMILES string of the molecule is Nc1ncnc2c1ncn2CC(=O)N1C[C@@H](N)[C@H](c2ccccc2)C1. The predicted octanol–water partition coefficient (Wildman–Crippen LogP) is 0.362. The minimum Gasteiger partial charge on any atom is -0.382 e. The van der Waals surface area contributed by atoms with E-state index in [-0.39, 0.29) is 24.4 Å². The highest BCUT2D eigenvalue weighted by molar-refractivity contribution is 5.83. The number of likely N-dealkylation sites (tertiary alicyclic amines) is 1. The van der Waals surface area contributed by atoms with E-state index in [2.05, 4.69) is 27.1 Å². The molecule has 128 valence electrons. The second-order valence-corrected chi connectivity index (χ2v) is 6.28. The largest absolute Gasteiger partial charge is 0.382 e. The van der Waals surface area contributed by atoms with E-state index in [1.165, 1.54) is 11.9 Å². The first-order valence-corrected chi connectivity index (χ1v) is 8.13. The molecule has 0 bridgehead atoms. The molecule has 4 N–H and O–H groups in total. The lowest BCUT2D eigenvalue weighted by Gasteiger charge is -2.17. The molecule has 1 aromatic carbocycles. The maximum absolute atomic E-state index is 12.7. The zero-order chi connectivity index (χ0) is 17.4. The van der Waals surface area contributed by atoms with E-state index in [0.717, 1.165) is 0 Å². The fourth-order valence-electron chi connectivity index (χ4n) is 3.35. The number of fused-ring (bicyclic) bond motifs is 1. The van der Waals surface area contributed by atoms with Gasteiger partial charge in [-0.2, -0.15) is 0 Å². The van der Waals surface area contributed by atoms with Crippen LogP contribution in [0.3, 0.4) is 0 Å². The molecule has 2 aromatic heterocycles. The van der Waals surface area contributed by atoms with Crippen LogP contribution in [0.25, 0.3) is 11.2 Å². The number of nitrogen functional groups attached to an aromatic ring is 1. The smallest absolute Gasteiger partial charge is 0.242 e.